The average molecular weight is 281 g/mol. The van der Waals surface area contributed by atoms with Crippen molar-refractivity contribution in [2.24, 2.45) is 0 Å². The van der Waals surface area contributed by atoms with Crippen LogP contribution in [0, 0.1) is 0 Å². The van der Waals surface area contributed by atoms with Gasteiger partial charge in [0.25, 0.3) is 5.91 Å². The molecule has 1 aromatic rings. The Labute approximate surface area is 117 Å². The Balaban J connectivity index is 3.06. The van der Waals surface area contributed by atoms with E-state index in [1.807, 2.05) is 0 Å². The molecule has 0 unspecified atom stereocenters. The van der Waals surface area contributed by atoms with Gasteiger partial charge in [-0.1, -0.05) is 0 Å². The molecule has 7 nitrogen and oxygen atoms in total. The molecular formula is C13H19N3O4. The summed E-state index contributed by atoms with van der Waals surface area (Å²) in [4.78, 5) is 24.8. The summed E-state index contributed by atoms with van der Waals surface area (Å²) in [5.41, 5.74) is 6.36. The zero-order valence-corrected chi connectivity index (χ0v) is 12.0. The molecule has 0 aliphatic rings. The number of hydrogen-bond acceptors (Lipinski definition) is 5. The lowest BCUT2D eigenvalue weighted by Gasteiger charge is -2.18. The van der Waals surface area contributed by atoms with Crippen molar-refractivity contribution in [2.75, 3.05) is 40.6 Å². The average Bonchev–Trinajstić information content (AvgIpc) is 2.45. The molecule has 3 N–H and O–H groups in total. The monoisotopic (exact) mass is 281 g/mol. The predicted octanol–water partition coefficient (Wildman–Crippen LogP) is 0.104. The van der Waals surface area contributed by atoms with E-state index in [2.05, 4.69) is 5.32 Å². The fourth-order valence-electron chi connectivity index (χ4n) is 1.65. The fourth-order valence-corrected chi connectivity index (χ4v) is 1.65. The van der Waals surface area contributed by atoms with Gasteiger partial charge in [0.2, 0.25) is 5.91 Å². The number of hydrogen-bond donors (Lipinski definition) is 2. The maximum atomic E-state index is 12.3. The van der Waals surface area contributed by atoms with Crippen LogP contribution in [0.4, 0.5) is 5.69 Å². The number of nitrogens with two attached hydrogens (primary N) is 1. The highest BCUT2D eigenvalue weighted by Gasteiger charge is 2.19. The predicted molar refractivity (Wildman–Crippen MR) is 75.0 cm³/mol. The third-order valence-electron chi connectivity index (χ3n) is 2.79. The second-order valence-corrected chi connectivity index (χ2v) is 4.13. The summed E-state index contributed by atoms with van der Waals surface area (Å²) in [6.07, 6.45) is 0. The lowest BCUT2D eigenvalue weighted by atomic mass is 10.1. The molecule has 0 radical (unpaired) electrons. The van der Waals surface area contributed by atoms with Crippen LogP contribution >= 0.6 is 0 Å². The first-order valence-electron chi connectivity index (χ1n) is 5.92. The van der Waals surface area contributed by atoms with Crippen LogP contribution in [-0.2, 0) is 4.79 Å². The molecule has 110 valence electrons. The van der Waals surface area contributed by atoms with E-state index in [0.717, 1.165) is 0 Å². The lowest BCUT2D eigenvalue weighted by Crippen LogP contribution is -2.37. The van der Waals surface area contributed by atoms with Gasteiger partial charge < -0.3 is 25.4 Å². The standard InChI is InChI=1S/C13H19N3O4/c1-15-12(17)7-16(2)13(18)8-5-10(19-3)11(20-4)6-9(8)14/h5-6H,7,14H2,1-4H3,(H,15,17). The Morgan fingerprint density at radius 1 is 1.25 bits per heavy atom. The molecule has 0 heterocycles. The summed E-state index contributed by atoms with van der Waals surface area (Å²) in [6, 6.07) is 3.01. The summed E-state index contributed by atoms with van der Waals surface area (Å²) in [7, 11) is 5.98. The van der Waals surface area contributed by atoms with Gasteiger partial charge in [-0.25, -0.2) is 0 Å². The van der Waals surface area contributed by atoms with E-state index >= 15 is 0 Å². The molecule has 0 saturated heterocycles. The van der Waals surface area contributed by atoms with E-state index in [0.29, 0.717) is 11.5 Å². The fraction of sp³-hybridized carbons (Fsp3) is 0.385. The van der Waals surface area contributed by atoms with E-state index in [-0.39, 0.29) is 29.6 Å². The van der Waals surface area contributed by atoms with Crippen LogP contribution in [0.25, 0.3) is 0 Å². The summed E-state index contributed by atoms with van der Waals surface area (Å²) in [5, 5.41) is 2.45. The van der Waals surface area contributed by atoms with Crippen LogP contribution in [0.3, 0.4) is 0 Å². The summed E-state index contributed by atoms with van der Waals surface area (Å²) in [5.74, 6) is 0.209. The van der Waals surface area contributed by atoms with Gasteiger partial charge >= 0.3 is 0 Å². The molecule has 0 spiro atoms. The smallest absolute Gasteiger partial charge is 0.256 e. The largest absolute Gasteiger partial charge is 0.493 e. The number of methoxy groups -OCH3 is 2. The Morgan fingerprint density at radius 3 is 2.30 bits per heavy atom. The van der Waals surface area contributed by atoms with Crippen molar-refractivity contribution < 1.29 is 19.1 Å². The Bertz CT molecular complexity index is 517. The number of amides is 2. The third kappa shape index (κ3) is 3.31. The second kappa shape index (κ2) is 6.65. The maximum absolute atomic E-state index is 12.3. The van der Waals surface area contributed by atoms with Crippen molar-refractivity contribution in [3.8, 4) is 11.5 Å². The van der Waals surface area contributed by atoms with E-state index in [1.165, 1.54) is 45.3 Å². The third-order valence-corrected chi connectivity index (χ3v) is 2.79. The van der Waals surface area contributed by atoms with E-state index < -0.39 is 0 Å². The first-order valence-corrected chi connectivity index (χ1v) is 5.92. The van der Waals surface area contributed by atoms with Crippen molar-refractivity contribution in [3.63, 3.8) is 0 Å². The number of nitrogens with zero attached hydrogens (tertiary/aromatic N) is 1. The zero-order chi connectivity index (χ0) is 15.3. The quantitative estimate of drug-likeness (QED) is 0.747. The highest BCUT2D eigenvalue weighted by Crippen LogP contribution is 2.32. The van der Waals surface area contributed by atoms with Gasteiger partial charge in [0, 0.05) is 25.8 Å². The van der Waals surface area contributed by atoms with Crippen molar-refractivity contribution in [1.29, 1.82) is 0 Å². The molecular weight excluding hydrogens is 262 g/mol. The van der Waals surface area contributed by atoms with Gasteiger partial charge in [0.05, 0.1) is 26.3 Å². The summed E-state index contributed by atoms with van der Waals surface area (Å²) in [6.45, 7) is -0.0525. The number of nitrogen functional groups attached to an aromatic ring is 1. The first kappa shape index (κ1) is 15.6. The van der Waals surface area contributed by atoms with Crippen LogP contribution in [-0.4, -0.2) is 51.6 Å². The summed E-state index contributed by atoms with van der Waals surface area (Å²) >= 11 is 0. The SMILES string of the molecule is CNC(=O)CN(C)C(=O)c1cc(OC)c(OC)cc1N. The van der Waals surface area contributed by atoms with Crippen LogP contribution < -0.4 is 20.5 Å². The summed E-state index contributed by atoms with van der Waals surface area (Å²) < 4.78 is 10.2. The number of likely N-dealkylation sites (N-methyl/N-ethyl adjacent to an activating group) is 2. The maximum Gasteiger partial charge on any atom is 0.256 e. The molecule has 0 saturated carbocycles. The molecule has 0 fully saturated rings. The molecule has 1 rings (SSSR count). The lowest BCUT2D eigenvalue weighted by molar-refractivity contribution is -0.121. The van der Waals surface area contributed by atoms with Gasteiger partial charge in [-0.3, -0.25) is 9.59 Å². The van der Waals surface area contributed by atoms with Gasteiger partial charge in [-0.05, 0) is 6.07 Å². The number of carbonyl (C=O) groups is 2. The molecule has 7 heteroatoms. The highest BCUT2D eigenvalue weighted by molar-refractivity contribution is 6.01. The minimum atomic E-state index is -0.368. The first-order chi connectivity index (χ1) is 9.44. The minimum absolute atomic E-state index is 0.0525. The van der Waals surface area contributed by atoms with E-state index in [9.17, 15) is 9.59 Å². The van der Waals surface area contributed by atoms with Gasteiger partial charge in [-0.15, -0.1) is 0 Å². The topological polar surface area (TPSA) is 93.9 Å². The Kier molecular flexibility index (Phi) is 5.19. The number of anilines is 1. The van der Waals surface area contributed by atoms with Crippen molar-refractivity contribution in [2.45, 2.75) is 0 Å². The Morgan fingerprint density at radius 2 is 1.80 bits per heavy atom. The number of benzene rings is 1. The van der Waals surface area contributed by atoms with Crippen molar-refractivity contribution in [3.05, 3.63) is 17.7 Å². The number of carbonyl (C=O) groups excluding carboxylic acids is 2. The van der Waals surface area contributed by atoms with Crippen molar-refractivity contribution >= 4 is 17.5 Å². The molecule has 0 aliphatic heterocycles. The minimum Gasteiger partial charge on any atom is -0.493 e. The second-order valence-electron chi connectivity index (χ2n) is 4.13. The van der Waals surface area contributed by atoms with Crippen LogP contribution in [0.5, 0.6) is 11.5 Å². The molecule has 20 heavy (non-hydrogen) atoms. The zero-order valence-electron chi connectivity index (χ0n) is 12.0. The van der Waals surface area contributed by atoms with Crippen LogP contribution in [0.15, 0.2) is 12.1 Å². The van der Waals surface area contributed by atoms with Crippen LogP contribution in [0.1, 0.15) is 10.4 Å². The highest BCUT2D eigenvalue weighted by atomic mass is 16.5. The van der Waals surface area contributed by atoms with Crippen molar-refractivity contribution in [1.82, 2.24) is 10.2 Å². The molecule has 1 aromatic carbocycles. The number of nitrogens with one attached hydrogen (secondary N) is 1. The van der Waals surface area contributed by atoms with Gasteiger partial charge in [0.15, 0.2) is 11.5 Å². The molecule has 0 aliphatic carbocycles. The molecule has 0 atom stereocenters. The molecule has 0 bridgehead atoms. The Hall–Kier alpha value is -2.44. The van der Waals surface area contributed by atoms with E-state index in [4.69, 9.17) is 15.2 Å². The van der Waals surface area contributed by atoms with Gasteiger partial charge in [0.1, 0.15) is 0 Å². The molecule has 0 aromatic heterocycles. The number of ether oxygens (including phenoxy) is 2. The molecule has 2 amide bonds. The normalized spacial score (nSPS) is 9.80. The van der Waals surface area contributed by atoms with E-state index in [1.54, 1.807) is 0 Å². The van der Waals surface area contributed by atoms with Crippen LogP contribution in [0.2, 0.25) is 0 Å². The van der Waals surface area contributed by atoms with Gasteiger partial charge in [-0.2, -0.15) is 0 Å². The number of rotatable bonds is 5.